The van der Waals surface area contributed by atoms with Crippen molar-refractivity contribution in [3.05, 3.63) is 39.7 Å². The maximum Gasteiger partial charge on any atom is 0.350 e. The number of hydrogen-bond acceptors (Lipinski definition) is 4. The van der Waals surface area contributed by atoms with Crippen molar-refractivity contribution in [2.75, 3.05) is 12.3 Å². The van der Waals surface area contributed by atoms with Crippen LogP contribution in [0.5, 0.6) is 0 Å². The SMILES string of the molecule is CCOC(=O)c1sc(-c2cc(F)c(Cl)cc2F)cc1N. The molecule has 0 radical (unpaired) electrons. The van der Waals surface area contributed by atoms with Crippen molar-refractivity contribution in [2.24, 2.45) is 0 Å². The van der Waals surface area contributed by atoms with Crippen molar-refractivity contribution >= 4 is 34.6 Å². The number of carbonyl (C=O) groups is 1. The molecule has 2 N–H and O–H groups in total. The van der Waals surface area contributed by atoms with Crippen LogP contribution < -0.4 is 5.73 Å². The molecule has 20 heavy (non-hydrogen) atoms. The smallest absolute Gasteiger partial charge is 0.350 e. The van der Waals surface area contributed by atoms with Crippen LogP contribution in [0.1, 0.15) is 16.6 Å². The second-order valence-electron chi connectivity index (χ2n) is 3.86. The van der Waals surface area contributed by atoms with Gasteiger partial charge < -0.3 is 10.5 Å². The number of thiophene rings is 1. The molecule has 0 amide bonds. The lowest BCUT2D eigenvalue weighted by Gasteiger charge is -2.02. The third kappa shape index (κ3) is 2.76. The van der Waals surface area contributed by atoms with E-state index in [1.54, 1.807) is 6.92 Å². The van der Waals surface area contributed by atoms with Crippen molar-refractivity contribution < 1.29 is 18.3 Å². The maximum absolute atomic E-state index is 13.8. The van der Waals surface area contributed by atoms with Gasteiger partial charge in [0.15, 0.2) is 0 Å². The highest BCUT2D eigenvalue weighted by Gasteiger charge is 2.19. The zero-order valence-electron chi connectivity index (χ0n) is 10.4. The van der Waals surface area contributed by atoms with Crippen LogP contribution in [0.2, 0.25) is 5.02 Å². The van der Waals surface area contributed by atoms with Crippen LogP contribution in [0.15, 0.2) is 18.2 Å². The first-order chi connectivity index (χ1) is 9.43. The van der Waals surface area contributed by atoms with E-state index >= 15 is 0 Å². The number of benzene rings is 1. The summed E-state index contributed by atoms with van der Waals surface area (Å²) in [4.78, 5) is 12.1. The Balaban J connectivity index is 2.47. The molecule has 0 aliphatic carbocycles. The number of nitrogen functional groups attached to an aromatic ring is 1. The molecule has 0 saturated heterocycles. The van der Waals surface area contributed by atoms with Crippen LogP contribution in [0.25, 0.3) is 10.4 Å². The fourth-order valence-corrected chi connectivity index (χ4v) is 2.75. The van der Waals surface area contributed by atoms with E-state index in [4.69, 9.17) is 22.1 Å². The number of rotatable bonds is 3. The first-order valence-corrected chi connectivity index (χ1v) is 6.84. The summed E-state index contributed by atoms with van der Waals surface area (Å²) in [6.45, 7) is 1.87. The number of halogens is 3. The van der Waals surface area contributed by atoms with Gasteiger partial charge in [-0.15, -0.1) is 11.3 Å². The van der Waals surface area contributed by atoms with Gasteiger partial charge in [-0.2, -0.15) is 0 Å². The number of hydrogen-bond donors (Lipinski definition) is 1. The first-order valence-electron chi connectivity index (χ1n) is 5.65. The summed E-state index contributed by atoms with van der Waals surface area (Å²) in [5.41, 5.74) is 5.86. The van der Waals surface area contributed by atoms with E-state index in [9.17, 15) is 13.6 Å². The van der Waals surface area contributed by atoms with Gasteiger partial charge in [0.1, 0.15) is 16.5 Å². The molecule has 0 bridgehead atoms. The molecule has 1 heterocycles. The van der Waals surface area contributed by atoms with Crippen molar-refractivity contribution in [3.63, 3.8) is 0 Å². The van der Waals surface area contributed by atoms with Crippen molar-refractivity contribution in [1.82, 2.24) is 0 Å². The Bertz CT molecular complexity index is 673. The predicted molar refractivity (Wildman–Crippen MR) is 75.0 cm³/mol. The molecule has 0 atom stereocenters. The van der Waals surface area contributed by atoms with Crippen LogP contribution in [-0.2, 0) is 4.74 Å². The first kappa shape index (κ1) is 14.7. The second kappa shape index (κ2) is 5.76. The van der Waals surface area contributed by atoms with Gasteiger partial charge in [0, 0.05) is 10.4 Å². The van der Waals surface area contributed by atoms with Gasteiger partial charge in [0.25, 0.3) is 0 Å². The molecule has 0 aliphatic heterocycles. The Morgan fingerprint density at radius 1 is 1.35 bits per heavy atom. The van der Waals surface area contributed by atoms with Gasteiger partial charge in [-0.1, -0.05) is 11.6 Å². The highest BCUT2D eigenvalue weighted by molar-refractivity contribution is 7.18. The molecule has 1 aromatic carbocycles. The van der Waals surface area contributed by atoms with Gasteiger partial charge in [-0.25, -0.2) is 13.6 Å². The minimum Gasteiger partial charge on any atom is -0.462 e. The molecule has 2 aromatic rings. The van der Waals surface area contributed by atoms with E-state index < -0.39 is 17.6 Å². The molecule has 106 valence electrons. The number of ether oxygens (including phenoxy) is 1. The predicted octanol–water partition coefficient (Wildman–Crippen LogP) is 4.11. The summed E-state index contributed by atoms with van der Waals surface area (Å²) in [7, 11) is 0. The maximum atomic E-state index is 13.8. The Hall–Kier alpha value is -1.66. The molecule has 0 fully saturated rings. The average molecular weight is 318 g/mol. The molecular weight excluding hydrogens is 308 g/mol. The van der Waals surface area contributed by atoms with Crippen molar-refractivity contribution in [1.29, 1.82) is 0 Å². The average Bonchev–Trinajstić information content (AvgIpc) is 2.76. The van der Waals surface area contributed by atoms with Gasteiger partial charge in [-0.05, 0) is 25.1 Å². The van der Waals surface area contributed by atoms with E-state index in [1.807, 2.05) is 0 Å². The molecule has 1 aromatic heterocycles. The lowest BCUT2D eigenvalue weighted by molar-refractivity contribution is 0.0533. The van der Waals surface area contributed by atoms with Crippen molar-refractivity contribution in [2.45, 2.75) is 6.92 Å². The van der Waals surface area contributed by atoms with Crippen LogP contribution in [0.3, 0.4) is 0 Å². The fourth-order valence-electron chi connectivity index (χ4n) is 1.61. The third-order valence-corrected chi connectivity index (χ3v) is 3.95. The molecule has 3 nitrogen and oxygen atoms in total. The fraction of sp³-hybridized carbons (Fsp3) is 0.154. The molecule has 7 heteroatoms. The van der Waals surface area contributed by atoms with E-state index in [-0.39, 0.29) is 27.8 Å². The minimum atomic E-state index is -0.743. The lowest BCUT2D eigenvalue weighted by atomic mass is 10.1. The second-order valence-corrected chi connectivity index (χ2v) is 5.32. The quantitative estimate of drug-likeness (QED) is 0.684. The van der Waals surface area contributed by atoms with Crippen LogP contribution >= 0.6 is 22.9 Å². The number of anilines is 1. The van der Waals surface area contributed by atoms with Crippen LogP contribution in [-0.4, -0.2) is 12.6 Å². The topological polar surface area (TPSA) is 52.3 Å². The van der Waals surface area contributed by atoms with E-state index in [0.29, 0.717) is 4.88 Å². The van der Waals surface area contributed by atoms with Gasteiger partial charge in [-0.3, -0.25) is 0 Å². The number of carbonyl (C=O) groups excluding carboxylic acids is 1. The van der Waals surface area contributed by atoms with E-state index in [2.05, 4.69) is 0 Å². The molecule has 0 saturated carbocycles. The summed E-state index contributed by atoms with van der Waals surface area (Å²) in [5, 5.41) is -0.304. The highest BCUT2D eigenvalue weighted by Crippen LogP contribution is 2.36. The summed E-state index contributed by atoms with van der Waals surface area (Å²) >= 11 is 6.43. The Morgan fingerprint density at radius 3 is 2.70 bits per heavy atom. The zero-order valence-corrected chi connectivity index (χ0v) is 11.9. The summed E-state index contributed by atoms with van der Waals surface area (Å²) in [6, 6.07) is 3.26. The molecule has 0 spiro atoms. The number of nitrogens with two attached hydrogens (primary N) is 1. The Kier molecular flexibility index (Phi) is 4.25. The van der Waals surface area contributed by atoms with Gasteiger partial charge in [0.2, 0.25) is 0 Å². The monoisotopic (exact) mass is 317 g/mol. The molecule has 2 rings (SSSR count). The Morgan fingerprint density at radius 2 is 2.05 bits per heavy atom. The summed E-state index contributed by atoms with van der Waals surface area (Å²) in [5.74, 6) is -2.02. The zero-order chi connectivity index (χ0) is 14.9. The normalized spacial score (nSPS) is 10.6. The largest absolute Gasteiger partial charge is 0.462 e. The number of esters is 1. The van der Waals surface area contributed by atoms with Crippen LogP contribution in [0.4, 0.5) is 14.5 Å². The molecule has 0 unspecified atom stereocenters. The lowest BCUT2D eigenvalue weighted by Crippen LogP contribution is -2.04. The Labute approximate surface area is 122 Å². The minimum absolute atomic E-state index is 0.000788. The van der Waals surface area contributed by atoms with Crippen molar-refractivity contribution in [3.8, 4) is 10.4 Å². The summed E-state index contributed by atoms with van der Waals surface area (Å²) < 4.78 is 32.1. The van der Waals surface area contributed by atoms with E-state index in [1.165, 1.54) is 6.07 Å². The van der Waals surface area contributed by atoms with Crippen LogP contribution in [0, 0.1) is 11.6 Å². The summed E-state index contributed by atoms with van der Waals surface area (Å²) in [6.07, 6.45) is 0. The van der Waals surface area contributed by atoms with E-state index in [0.717, 1.165) is 23.5 Å². The third-order valence-electron chi connectivity index (χ3n) is 2.50. The molecular formula is C13H10ClF2NO2S. The van der Waals surface area contributed by atoms with Gasteiger partial charge in [0.05, 0.1) is 17.3 Å². The highest BCUT2D eigenvalue weighted by atomic mass is 35.5. The molecule has 0 aliphatic rings. The standard InChI is InChI=1S/C13H10ClF2NO2S/c1-2-19-13(18)12-10(17)5-11(20-12)6-3-9(16)7(14)4-8(6)15/h3-5H,2,17H2,1H3. The van der Waals surface area contributed by atoms with Gasteiger partial charge >= 0.3 is 5.97 Å².